The summed E-state index contributed by atoms with van der Waals surface area (Å²) in [6.45, 7) is 0. The van der Waals surface area contributed by atoms with Crippen LogP contribution in [0.1, 0.15) is 35.4 Å². The van der Waals surface area contributed by atoms with Gasteiger partial charge < -0.3 is 9.64 Å². The summed E-state index contributed by atoms with van der Waals surface area (Å²) in [5, 5.41) is 0. The maximum atomic E-state index is 5.35. The minimum absolute atomic E-state index is 0.509. The Morgan fingerprint density at radius 1 is 0.727 bits per heavy atom. The summed E-state index contributed by atoms with van der Waals surface area (Å²) in [6.07, 6.45) is 8.35. The van der Waals surface area contributed by atoms with Crippen LogP contribution in [-0.4, -0.2) is 7.11 Å². The summed E-state index contributed by atoms with van der Waals surface area (Å²) < 4.78 is 5.35. The van der Waals surface area contributed by atoms with Crippen molar-refractivity contribution in [3.63, 3.8) is 0 Å². The van der Waals surface area contributed by atoms with Gasteiger partial charge in [0, 0.05) is 23.0 Å². The summed E-state index contributed by atoms with van der Waals surface area (Å²) in [5.74, 6) is 1.37. The predicted octanol–water partition coefficient (Wildman–Crippen LogP) is 8.30. The van der Waals surface area contributed by atoms with E-state index in [4.69, 9.17) is 4.74 Å². The quantitative estimate of drug-likeness (QED) is 0.304. The molecule has 1 unspecified atom stereocenters. The van der Waals surface area contributed by atoms with Gasteiger partial charge in [0.2, 0.25) is 0 Å². The second-order valence-electron chi connectivity index (χ2n) is 8.52. The molecule has 0 spiro atoms. The van der Waals surface area contributed by atoms with E-state index in [-0.39, 0.29) is 0 Å². The third-order valence-corrected chi connectivity index (χ3v) is 6.43. The van der Waals surface area contributed by atoms with Crippen molar-refractivity contribution in [2.75, 3.05) is 12.0 Å². The Kier molecular flexibility index (Phi) is 6.25. The van der Waals surface area contributed by atoms with Gasteiger partial charge in [-0.25, -0.2) is 0 Å². The molecule has 0 fully saturated rings. The molecular formula is C31H29NO. The summed E-state index contributed by atoms with van der Waals surface area (Å²) in [4.78, 5) is 2.27. The fourth-order valence-electron chi connectivity index (χ4n) is 4.71. The third kappa shape index (κ3) is 4.70. The Hall–Kier alpha value is -3.78. The van der Waals surface area contributed by atoms with E-state index >= 15 is 0 Å². The number of allylic oxidation sites excluding steroid dienone is 1. The molecule has 0 saturated carbocycles. The lowest BCUT2D eigenvalue weighted by Gasteiger charge is -2.25. The zero-order chi connectivity index (χ0) is 22.5. The van der Waals surface area contributed by atoms with Crippen molar-refractivity contribution in [2.24, 2.45) is 0 Å². The summed E-state index contributed by atoms with van der Waals surface area (Å²) >= 11 is 0. The van der Waals surface area contributed by atoms with Crippen molar-refractivity contribution in [2.45, 2.75) is 25.2 Å². The molecule has 0 bridgehead atoms. The highest BCUT2D eigenvalue weighted by Crippen LogP contribution is 2.36. The predicted molar refractivity (Wildman–Crippen MR) is 139 cm³/mol. The van der Waals surface area contributed by atoms with E-state index < -0.39 is 0 Å². The fourth-order valence-corrected chi connectivity index (χ4v) is 4.71. The van der Waals surface area contributed by atoms with Crippen molar-refractivity contribution in [1.29, 1.82) is 0 Å². The van der Waals surface area contributed by atoms with E-state index in [1.54, 1.807) is 7.11 Å². The number of hydrogen-bond acceptors (Lipinski definition) is 2. The van der Waals surface area contributed by atoms with Gasteiger partial charge in [-0.15, -0.1) is 0 Å². The van der Waals surface area contributed by atoms with Gasteiger partial charge in [-0.05, 0) is 84.5 Å². The standard InChI is InChI=1S/C31H29NO/c1-33-30-22-20-29(21-23-30)32(27-11-3-2-4-12-27)28-18-15-24(16-19-28)14-17-26-10-7-9-25-8-5-6-13-31(25)26/h2-6,8,11-23,26H,7,9-10H2,1H3. The van der Waals surface area contributed by atoms with E-state index in [1.807, 2.05) is 18.2 Å². The highest BCUT2D eigenvalue weighted by Gasteiger charge is 2.17. The number of methoxy groups -OCH3 is 1. The van der Waals surface area contributed by atoms with Gasteiger partial charge >= 0.3 is 0 Å². The number of aryl methyl sites for hydroxylation is 1. The molecule has 0 radical (unpaired) electrons. The highest BCUT2D eigenvalue weighted by atomic mass is 16.5. The maximum absolute atomic E-state index is 5.35. The summed E-state index contributed by atoms with van der Waals surface area (Å²) in [5.41, 5.74) is 7.59. The van der Waals surface area contributed by atoms with Crippen LogP contribution < -0.4 is 9.64 Å². The van der Waals surface area contributed by atoms with Crippen LogP contribution in [0.5, 0.6) is 5.75 Å². The SMILES string of the molecule is COc1ccc(N(c2ccccc2)c2ccc(C=CC3CCCc4ccccc43)cc2)cc1. The summed E-state index contributed by atoms with van der Waals surface area (Å²) in [6, 6.07) is 36.4. The Morgan fingerprint density at radius 2 is 1.36 bits per heavy atom. The van der Waals surface area contributed by atoms with Crippen LogP contribution in [-0.2, 0) is 6.42 Å². The molecule has 1 aliphatic carbocycles. The fraction of sp³-hybridized carbons (Fsp3) is 0.161. The minimum atomic E-state index is 0.509. The molecule has 4 aromatic rings. The molecule has 1 atom stereocenters. The van der Waals surface area contributed by atoms with Gasteiger partial charge in [0.25, 0.3) is 0 Å². The Balaban J connectivity index is 1.41. The number of nitrogens with zero attached hydrogens (tertiary/aromatic N) is 1. The van der Waals surface area contributed by atoms with Gasteiger partial charge in [0.05, 0.1) is 7.11 Å². The van der Waals surface area contributed by atoms with Crippen molar-refractivity contribution in [3.8, 4) is 5.75 Å². The molecule has 0 N–H and O–H groups in total. The normalized spacial score (nSPS) is 15.2. The second-order valence-corrected chi connectivity index (χ2v) is 8.52. The molecule has 0 heterocycles. The molecule has 5 rings (SSSR count). The van der Waals surface area contributed by atoms with E-state index in [0.29, 0.717) is 5.92 Å². The van der Waals surface area contributed by atoms with Gasteiger partial charge in [-0.3, -0.25) is 0 Å². The van der Waals surface area contributed by atoms with Crippen LogP contribution in [0.3, 0.4) is 0 Å². The summed E-state index contributed by atoms with van der Waals surface area (Å²) in [7, 11) is 1.70. The average molecular weight is 432 g/mol. The van der Waals surface area contributed by atoms with Crippen LogP contribution in [0.25, 0.3) is 6.08 Å². The van der Waals surface area contributed by atoms with Crippen LogP contribution >= 0.6 is 0 Å². The molecule has 164 valence electrons. The first-order valence-corrected chi connectivity index (χ1v) is 11.7. The highest BCUT2D eigenvalue weighted by molar-refractivity contribution is 5.77. The van der Waals surface area contributed by atoms with Gasteiger partial charge in [0.1, 0.15) is 5.75 Å². The van der Waals surface area contributed by atoms with Crippen LogP contribution in [0.15, 0.2) is 109 Å². The molecule has 2 nitrogen and oxygen atoms in total. The zero-order valence-electron chi connectivity index (χ0n) is 19.0. The van der Waals surface area contributed by atoms with Crippen molar-refractivity contribution < 1.29 is 4.74 Å². The number of ether oxygens (including phenoxy) is 1. The molecule has 4 aromatic carbocycles. The monoisotopic (exact) mass is 431 g/mol. The molecule has 0 aromatic heterocycles. The van der Waals surface area contributed by atoms with E-state index in [0.717, 1.165) is 22.8 Å². The molecule has 33 heavy (non-hydrogen) atoms. The van der Waals surface area contributed by atoms with Crippen molar-refractivity contribution >= 4 is 23.1 Å². The largest absolute Gasteiger partial charge is 0.497 e. The number of rotatable bonds is 6. The molecule has 0 amide bonds. The Bertz CT molecular complexity index is 1210. The van der Waals surface area contributed by atoms with E-state index in [1.165, 1.54) is 36.0 Å². The van der Waals surface area contributed by atoms with Crippen LogP contribution in [0.4, 0.5) is 17.1 Å². The first-order valence-electron chi connectivity index (χ1n) is 11.7. The molecule has 0 saturated heterocycles. The van der Waals surface area contributed by atoms with E-state index in [2.05, 4.69) is 102 Å². The lowest BCUT2D eigenvalue weighted by Crippen LogP contribution is -2.09. The first kappa shape index (κ1) is 21.1. The first-order chi connectivity index (χ1) is 16.3. The van der Waals surface area contributed by atoms with Crippen LogP contribution in [0, 0.1) is 0 Å². The second kappa shape index (κ2) is 9.79. The Morgan fingerprint density at radius 3 is 2.09 bits per heavy atom. The number of fused-ring (bicyclic) bond motifs is 1. The number of anilines is 3. The van der Waals surface area contributed by atoms with Crippen molar-refractivity contribution in [3.05, 3.63) is 126 Å². The zero-order valence-corrected chi connectivity index (χ0v) is 19.0. The van der Waals surface area contributed by atoms with Crippen molar-refractivity contribution in [1.82, 2.24) is 0 Å². The number of benzene rings is 4. The number of hydrogen-bond donors (Lipinski definition) is 0. The lowest BCUT2D eigenvalue weighted by molar-refractivity contribution is 0.415. The molecule has 0 aliphatic heterocycles. The molecule has 2 heteroatoms. The average Bonchev–Trinajstić information content (AvgIpc) is 2.89. The Labute approximate surface area is 196 Å². The number of para-hydroxylation sites is 1. The third-order valence-electron chi connectivity index (χ3n) is 6.43. The minimum Gasteiger partial charge on any atom is -0.497 e. The molecular weight excluding hydrogens is 402 g/mol. The maximum Gasteiger partial charge on any atom is 0.119 e. The van der Waals surface area contributed by atoms with Crippen LogP contribution in [0.2, 0.25) is 0 Å². The molecule has 1 aliphatic rings. The van der Waals surface area contributed by atoms with E-state index in [9.17, 15) is 0 Å². The van der Waals surface area contributed by atoms with Gasteiger partial charge in [0.15, 0.2) is 0 Å². The van der Waals surface area contributed by atoms with Gasteiger partial charge in [-0.1, -0.05) is 66.7 Å². The lowest BCUT2D eigenvalue weighted by atomic mass is 9.82. The topological polar surface area (TPSA) is 12.5 Å². The smallest absolute Gasteiger partial charge is 0.119 e. The van der Waals surface area contributed by atoms with Gasteiger partial charge in [-0.2, -0.15) is 0 Å².